The van der Waals surface area contributed by atoms with Crippen LogP contribution in [0.25, 0.3) is 21.0 Å². The first-order valence-corrected chi connectivity index (χ1v) is 12.7. The van der Waals surface area contributed by atoms with Crippen LogP contribution in [0.2, 0.25) is 0 Å². The van der Waals surface area contributed by atoms with E-state index in [-0.39, 0.29) is 5.60 Å². The molecule has 29 heavy (non-hydrogen) atoms. The summed E-state index contributed by atoms with van der Waals surface area (Å²) in [6.07, 6.45) is 2.95. The summed E-state index contributed by atoms with van der Waals surface area (Å²) in [4.78, 5) is 12.1. The van der Waals surface area contributed by atoms with Gasteiger partial charge in [0.25, 0.3) is 0 Å². The first-order chi connectivity index (χ1) is 14.0. The molecule has 0 saturated carbocycles. The fraction of sp³-hybridized carbons (Fsp3) is 0.304. The Labute approximate surface area is 183 Å². The average Bonchev–Trinajstić information content (AvgIpc) is 3.08. The maximum Gasteiger partial charge on any atom is 0.189 e. The molecule has 0 radical (unpaired) electrons. The maximum absolute atomic E-state index is 6.04. The molecule has 0 spiro atoms. The molecule has 0 bridgehead atoms. The van der Waals surface area contributed by atoms with E-state index in [2.05, 4.69) is 56.3 Å². The highest BCUT2D eigenvalue weighted by Crippen LogP contribution is 2.42. The highest BCUT2D eigenvalue weighted by atomic mass is 32.2. The van der Waals surface area contributed by atoms with Crippen LogP contribution in [-0.2, 0) is 23.5 Å². The molecule has 0 unspecified atom stereocenters. The third-order valence-corrected chi connectivity index (χ3v) is 7.94. The molecule has 2 aromatic carbocycles. The number of benzene rings is 2. The highest BCUT2D eigenvalue weighted by Gasteiger charge is 2.31. The zero-order valence-electron chi connectivity index (χ0n) is 16.7. The van der Waals surface area contributed by atoms with E-state index >= 15 is 0 Å². The van der Waals surface area contributed by atoms with Gasteiger partial charge in [-0.25, -0.2) is 9.97 Å². The monoisotopic (exact) mass is 438 g/mol. The first-order valence-electron chi connectivity index (χ1n) is 9.63. The van der Waals surface area contributed by atoms with Crippen LogP contribution in [0.4, 0.5) is 0 Å². The van der Waals surface area contributed by atoms with E-state index in [1.165, 1.54) is 32.2 Å². The summed E-state index contributed by atoms with van der Waals surface area (Å²) in [7, 11) is 0. The Morgan fingerprint density at radius 3 is 2.76 bits per heavy atom. The van der Waals surface area contributed by atoms with Crippen LogP contribution in [0.3, 0.4) is 0 Å². The van der Waals surface area contributed by atoms with Crippen LogP contribution in [0, 0.1) is 0 Å². The molecule has 0 saturated heterocycles. The number of rotatable bonds is 4. The molecule has 1 aliphatic rings. The van der Waals surface area contributed by atoms with Crippen molar-refractivity contribution in [1.82, 2.24) is 9.97 Å². The van der Waals surface area contributed by atoms with E-state index in [9.17, 15) is 0 Å². The Hall–Kier alpha value is -1.60. The molecule has 6 heteroatoms. The largest absolute Gasteiger partial charge is 0.370 e. The Bertz CT molecular complexity index is 1220. The predicted molar refractivity (Wildman–Crippen MR) is 125 cm³/mol. The zero-order valence-corrected chi connectivity index (χ0v) is 19.1. The molecular formula is C23H22N2OS3. The topological polar surface area (TPSA) is 35.0 Å². The Kier molecular flexibility index (Phi) is 5.06. The maximum atomic E-state index is 6.04. The predicted octanol–water partition coefficient (Wildman–Crippen LogP) is 6.71. The van der Waals surface area contributed by atoms with Gasteiger partial charge in [-0.15, -0.1) is 23.1 Å². The van der Waals surface area contributed by atoms with Gasteiger partial charge in [-0.2, -0.15) is 0 Å². The van der Waals surface area contributed by atoms with Gasteiger partial charge in [-0.05, 0) is 42.0 Å². The lowest BCUT2D eigenvalue weighted by atomic mass is 9.95. The van der Waals surface area contributed by atoms with E-state index in [1.54, 1.807) is 23.1 Å². The van der Waals surface area contributed by atoms with E-state index in [0.717, 1.165) is 27.2 Å². The van der Waals surface area contributed by atoms with Gasteiger partial charge in [0.2, 0.25) is 0 Å². The summed E-state index contributed by atoms with van der Waals surface area (Å²) >= 11 is 5.19. The first kappa shape index (κ1) is 19.4. The van der Waals surface area contributed by atoms with Crippen molar-refractivity contribution >= 4 is 55.8 Å². The smallest absolute Gasteiger partial charge is 0.189 e. The minimum atomic E-state index is -0.139. The normalized spacial score (nSPS) is 15.7. The molecule has 0 fully saturated rings. The summed E-state index contributed by atoms with van der Waals surface area (Å²) < 4.78 is 6.04. The quantitative estimate of drug-likeness (QED) is 0.201. The Morgan fingerprint density at radius 1 is 1.10 bits per heavy atom. The van der Waals surface area contributed by atoms with Crippen LogP contribution < -0.4 is 0 Å². The lowest BCUT2D eigenvalue weighted by Gasteiger charge is -2.30. The zero-order chi connectivity index (χ0) is 20.0. The van der Waals surface area contributed by atoms with Crippen molar-refractivity contribution in [2.75, 3.05) is 6.26 Å². The van der Waals surface area contributed by atoms with Crippen LogP contribution in [0.1, 0.15) is 29.9 Å². The van der Waals surface area contributed by atoms with Crippen LogP contribution in [0.5, 0.6) is 0 Å². The molecule has 0 amide bonds. The Balaban J connectivity index is 1.53. The minimum Gasteiger partial charge on any atom is -0.370 e. The molecule has 3 heterocycles. The second kappa shape index (κ2) is 7.58. The third kappa shape index (κ3) is 3.79. The van der Waals surface area contributed by atoms with Crippen molar-refractivity contribution in [3.05, 3.63) is 58.5 Å². The molecular weight excluding hydrogens is 416 g/mol. The number of nitrogens with zero attached hydrogens (tertiary/aromatic N) is 2. The lowest BCUT2D eigenvalue weighted by molar-refractivity contribution is -0.0379. The van der Waals surface area contributed by atoms with Gasteiger partial charge in [0.15, 0.2) is 5.16 Å². The van der Waals surface area contributed by atoms with E-state index in [4.69, 9.17) is 14.7 Å². The number of ether oxygens (including phenoxy) is 1. The molecule has 0 N–H and O–H groups in total. The summed E-state index contributed by atoms with van der Waals surface area (Å²) in [5.74, 6) is 0.898. The number of thioether (sulfide) groups is 2. The second-order valence-corrected chi connectivity index (χ2v) is 10.7. The van der Waals surface area contributed by atoms with E-state index in [0.29, 0.717) is 6.61 Å². The summed E-state index contributed by atoms with van der Waals surface area (Å²) in [6, 6.07) is 15.2. The number of fused-ring (bicyclic) bond motifs is 4. The lowest BCUT2D eigenvalue weighted by Crippen LogP contribution is -2.31. The molecule has 3 nitrogen and oxygen atoms in total. The number of hydrogen-bond acceptors (Lipinski definition) is 6. The van der Waals surface area contributed by atoms with Gasteiger partial charge in [-0.3, -0.25) is 0 Å². The van der Waals surface area contributed by atoms with Crippen molar-refractivity contribution in [1.29, 1.82) is 0 Å². The average molecular weight is 439 g/mol. The summed E-state index contributed by atoms with van der Waals surface area (Å²) in [5, 5.41) is 5.75. The molecule has 2 aromatic heterocycles. The number of thiophene rings is 1. The number of aromatic nitrogens is 2. The van der Waals surface area contributed by atoms with Crippen LogP contribution in [0.15, 0.2) is 52.6 Å². The van der Waals surface area contributed by atoms with Gasteiger partial charge in [0.05, 0.1) is 12.2 Å². The minimum absolute atomic E-state index is 0.139. The molecule has 0 atom stereocenters. The molecule has 5 rings (SSSR count). The van der Waals surface area contributed by atoms with Gasteiger partial charge in [0.1, 0.15) is 9.86 Å². The fourth-order valence-electron chi connectivity index (χ4n) is 3.77. The second-order valence-electron chi connectivity index (χ2n) is 7.89. The Morgan fingerprint density at radius 2 is 1.93 bits per heavy atom. The van der Waals surface area contributed by atoms with Crippen molar-refractivity contribution < 1.29 is 4.74 Å². The van der Waals surface area contributed by atoms with E-state index in [1.807, 2.05) is 18.0 Å². The third-order valence-electron chi connectivity index (χ3n) is 5.25. The molecule has 4 aromatic rings. The van der Waals surface area contributed by atoms with Crippen LogP contribution in [-0.4, -0.2) is 21.8 Å². The van der Waals surface area contributed by atoms with Crippen molar-refractivity contribution in [2.45, 2.75) is 48.4 Å². The standard InChI is InChI=1S/C23H22N2OS3/c1-23(2)11-17-18(12-26-23)29-21-19(17)20(24-22(25-21)27-3)28-13-14-8-9-15-6-4-5-7-16(15)10-14/h4-10H,11-13H2,1-3H3. The number of hydrogen-bond donors (Lipinski definition) is 0. The molecule has 1 aliphatic heterocycles. The van der Waals surface area contributed by atoms with Gasteiger partial charge < -0.3 is 4.74 Å². The molecule has 0 aliphatic carbocycles. The van der Waals surface area contributed by atoms with Crippen molar-refractivity contribution in [3.63, 3.8) is 0 Å². The molecule has 148 valence electrons. The van der Waals surface area contributed by atoms with Crippen LogP contribution >= 0.6 is 34.9 Å². The van der Waals surface area contributed by atoms with Crippen molar-refractivity contribution in [2.24, 2.45) is 0 Å². The summed E-state index contributed by atoms with van der Waals surface area (Å²) in [5.41, 5.74) is 2.56. The van der Waals surface area contributed by atoms with Gasteiger partial charge >= 0.3 is 0 Å². The van der Waals surface area contributed by atoms with E-state index < -0.39 is 0 Å². The highest BCUT2D eigenvalue weighted by molar-refractivity contribution is 7.99. The van der Waals surface area contributed by atoms with Gasteiger partial charge in [0, 0.05) is 22.4 Å². The van der Waals surface area contributed by atoms with Crippen molar-refractivity contribution in [3.8, 4) is 0 Å². The SMILES string of the molecule is CSc1nc(SCc2ccc3ccccc3c2)c2c3c(sc2n1)COC(C)(C)C3. The summed E-state index contributed by atoms with van der Waals surface area (Å²) in [6.45, 7) is 5.00. The fourth-order valence-corrected chi connectivity index (χ4v) is 6.42. The van der Waals surface area contributed by atoms with Gasteiger partial charge in [-0.1, -0.05) is 54.2 Å².